The molecule has 0 aliphatic rings. The predicted molar refractivity (Wildman–Crippen MR) is 92.6 cm³/mol. The summed E-state index contributed by atoms with van der Waals surface area (Å²) < 4.78 is 1.47. The number of carbonyl (C=O) groups is 1. The van der Waals surface area contributed by atoms with Crippen LogP contribution in [-0.4, -0.2) is 39.8 Å². The zero-order valence-electron chi connectivity index (χ0n) is 13.7. The van der Waals surface area contributed by atoms with Gasteiger partial charge in [0.25, 0.3) is 11.9 Å². The molecule has 0 fully saturated rings. The highest BCUT2D eigenvalue weighted by Crippen LogP contribution is 2.13. The van der Waals surface area contributed by atoms with Gasteiger partial charge in [-0.25, -0.2) is 14.6 Å². The minimum atomic E-state index is -0.319. The van der Waals surface area contributed by atoms with Gasteiger partial charge in [0.2, 0.25) is 0 Å². The largest absolute Gasteiger partial charge is 0.375 e. The molecule has 0 atom stereocenters. The first-order valence-corrected chi connectivity index (χ1v) is 7.43. The van der Waals surface area contributed by atoms with Crippen LogP contribution in [0, 0.1) is 11.3 Å². The van der Waals surface area contributed by atoms with E-state index in [1.165, 1.54) is 16.9 Å². The Kier molecular flexibility index (Phi) is 4.39. The number of benzene rings is 1. The molecule has 8 nitrogen and oxygen atoms in total. The van der Waals surface area contributed by atoms with Crippen LogP contribution in [0.4, 0.5) is 11.4 Å². The first kappa shape index (κ1) is 16.1. The number of nitrogens with zero attached hydrogens (tertiary/aromatic N) is 6. The lowest BCUT2D eigenvalue weighted by Crippen LogP contribution is -2.12. The molecule has 1 amide bonds. The summed E-state index contributed by atoms with van der Waals surface area (Å²) >= 11 is 0. The molecule has 0 aliphatic carbocycles. The normalized spacial score (nSPS) is 10.1. The van der Waals surface area contributed by atoms with E-state index in [1.54, 1.807) is 36.8 Å². The van der Waals surface area contributed by atoms with Crippen molar-refractivity contribution in [2.24, 2.45) is 0 Å². The maximum absolute atomic E-state index is 12.3. The molecule has 0 saturated heterocycles. The first-order valence-electron chi connectivity index (χ1n) is 7.43. The molecule has 25 heavy (non-hydrogen) atoms. The maximum Gasteiger partial charge on any atom is 0.255 e. The highest BCUT2D eigenvalue weighted by molar-refractivity contribution is 6.04. The van der Waals surface area contributed by atoms with Crippen molar-refractivity contribution in [2.75, 3.05) is 24.3 Å². The molecular formula is C17H15N7O. The van der Waals surface area contributed by atoms with Crippen molar-refractivity contribution in [3.05, 3.63) is 60.2 Å². The predicted octanol–water partition coefficient (Wildman–Crippen LogP) is 1.85. The molecule has 3 aromatic rings. The van der Waals surface area contributed by atoms with Gasteiger partial charge >= 0.3 is 0 Å². The Morgan fingerprint density at radius 3 is 2.68 bits per heavy atom. The van der Waals surface area contributed by atoms with Crippen LogP contribution >= 0.6 is 0 Å². The van der Waals surface area contributed by atoms with Gasteiger partial charge in [0.1, 0.15) is 0 Å². The second-order valence-electron chi connectivity index (χ2n) is 5.46. The average molecular weight is 333 g/mol. The van der Waals surface area contributed by atoms with Crippen LogP contribution in [0.5, 0.6) is 0 Å². The molecule has 3 rings (SSSR count). The van der Waals surface area contributed by atoms with E-state index in [0.717, 1.165) is 5.69 Å². The van der Waals surface area contributed by atoms with Gasteiger partial charge in [-0.15, -0.1) is 0 Å². The van der Waals surface area contributed by atoms with E-state index in [-0.39, 0.29) is 5.91 Å². The van der Waals surface area contributed by atoms with Crippen LogP contribution in [0.25, 0.3) is 5.95 Å². The fraction of sp³-hybridized carbons (Fsp3) is 0.118. The Labute approximate surface area is 144 Å². The first-order chi connectivity index (χ1) is 12.1. The van der Waals surface area contributed by atoms with E-state index in [2.05, 4.69) is 20.4 Å². The summed E-state index contributed by atoms with van der Waals surface area (Å²) in [6.07, 6.45) is 6.51. The standard InChI is InChI=1S/C17H15N7O/c1-23(2)15-9-19-17(20-10-15)24-11-14(8-21-24)22-16(25)13-5-3-4-12(6-13)7-18/h3-6,8-11H,1-2H3,(H,22,25). The summed E-state index contributed by atoms with van der Waals surface area (Å²) in [6.45, 7) is 0. The van der Waals surface area contributed by atoms with Crippen molar-refractivity contribution >= 4 is 17.3 Å². The zero-order chi connectivity index (χ0) is 17.8. The summed E-state index contributed by atoms with van der Waals surface area (Å²) in [7, 11) is 3.81. The molecule has 0 bridgehead atoms. The molecular weight excluding hydrogens is 318 g/mol. The fourth-order valence-electron chi connectivity index (χ4n) is 2.09. The molecule has 0 radical (unpaired) electrons. The quantitative estimate of drug-likeness (QED) is 0.782. The van der Waals surface area contributed by atoms with Crippen molar-refractivity contribution in [1.82, 2.24) is 19.7 Å². The summed E-state index contributed by atoms with van der Waals surface area (Å²) in [4.78, 5) is 22.6. The fourth-order valence-corrected chi connectivity index (χ4v) is 2.09. The maximum atomic E-state index is 12.3. The van der Waals surface area contributed by atoms with Gasteiger partial charge in [-0.1, -0.05) is 6.07 Å². The number of hydrogen-bond donors (Lipinski definition) is 1. The Bertz CT molecular complexity index is 938. The lowest BCUT2D eigenvalue weighted by Gasteiger charge is -2.10. The monoisotopic (exact) mass is 333 g/mol. The average Bonchev–Trinajstić information content (AvgIpc) is 3.10. The van der Waals surface area contributed by atoms with E-state index in [9.17, 15) is 4.79 Å². The van der Waals surface area contributed by atoms with E-state index in [1.807, 2.05) is 25.1 Å². The Morgan fingerprint density at radius 2 is 2.00 bits per heavy atom. The summed E-state index contributed by atoms with van der Waals surface area (Å²) in [5, 5.41) is 15.8. The lowest BCUT2D eigenvalue weighted by molar-refractivity contribution is 0.102. The molecule has 0 unspecified atom stereocenters. The Balaban J connectivity index is 1.75. The highest BCUT2D eigenvalue weighted by Gasteiger charge is 2.10. The van der Waals surface area contributed by atoms with Crippen LogP contribution in [0.2, 0.25) is 0 Å². The van der Waals surface area contributed by atoms with Gasteiger partial charge < -0.3 is 10.2 Å². The molecule has 2 aromatic heterocycles. The number of rotatable bonds is 4. The Hall–Kier alpha value is -3.73. The van der Waals surface area contributed by atoms with Crippen molar-refractivity contribution in [2.45, 2.75) is 0 Å². The number of anilines is 2. The molecule has 0 saturated carbocycles. The number of hydrogen-bond acceptors (Lipinski definition) is 6. The van der Waals surface area contributed by atoms with E-state index in [4.69, 9.17) is 5.26 Å². The van der Waals surface area contributed by atoms with Crippen LogP contribution in [0.15, 0.2) is 49.1 Å². The Morgan fingerprint density at radius 1 is 1.24 bits per heavy atom. The number of nitrogens with one attached hydrogen (secondary N) is 1. The molecule has 0 aliphatic heterocycles. The lowest BCUT2D eigenvalue weighted by atomic mass is 10.1. The third-order valence-corrected chi connectivity index (χ3v) is 3.44. The summed E-state index contributed by atoms with van der Waals surface area (Å²) in [5.41, 5.74) is 2.21. The SMILES string of the molecule is CN(C)c1cnc(-n2cc(NC(=O)c3cccc(C#N)c3)cn2)nc1. The minimum Gasteiger partial charge on any atom is -0.375 e. The van der Waals surface area contributed by atoms with Crippen molar-refractivity contribution in [1.29, 1.82) is 5.26 Å². The van der Waals surface area contributed by atoms with Gasteiger partial charge in [0, 0.05) is 19.7 Å². The minimum absolute atomic E-state index is 0.319. The van der Waals surface area contributed by atoms with Crippen molar-refractivity contribution in [3.8, 4) is 12.0 Å². The van der Waals surface area contributed by atoms with E-state index >= 15 is 0 Å². The molecule has 1 N–H and O–H groups in total. The summed E-state index contributed by atoms with van der Waals surface area (Å²) in [6, 6.07) is 8.49. The zero-order valence-corrected chi connectivity index (χ0v) is 13.7. The van der Waals surface area contributed by atoms with Crippen molar-refractivity contribution in [3.63, 3.8) is 0 Å². The molecule has 124 valence electrons. The second kappa shape index (κ2) is 6.80. The van der Waals surface area contributed by atoms with Gasteiger partial charge in [-0.3, -0.25) is 4.79 Å². The van der Waals surface area contributed by atoms with Crippen LogP contribution in [0.3, 0.4) is 0 Å². The van der Waals surface area contributed by atoms with Gasteiger partial charge in [-0.05, 0) is 18.2 Å². The number of carbonyl (C=O) groups excluding carboxylic acids is 1. The number of nitriles is 1. The van der Waals surface area contributed by atoms with Crippen LogP contribution < -0.4 is 10.2 Å². The number of amides is 1. The van der Waals surface area contributed by atoms with Gasteiger partial charge in [0.05, 0.1) is 47.8 Å². The van der Waals surface area contributed by atoms with E-state index in [0.29, 0.717) is 22.8 Å². The van der Waals surface area contributed by atoms with Gasteiger partial charge in [0.15, 0.2) is 0 Å². The van der Waals surface area contributed by atoms with E-state index < -0.39 is 0 Å². The van der Waals surface area contributed by atoms with Crippen LogP contribution in [0.1, 0.15) is 15.9 Å². The second-order valence-corrected chi connectivity index (χ2v) is 5.46. The molecule has 2 heterocycles. The van der Waals surface area contributed by atoms with Crippen molar-refractivity contribution < 1.29 is 4.79 Å². The van der Waals surface area contributed by atoms with Gasteiger partial charge in [-0.2, -0.15) is 10.4 Å². The third kappa shape index (κ3) is 3.61. The summed E-state index contributed by atoms with van der Waals surface area (Å²) in [5.74, 6) is 0.0816. The molecule has 1 aromatic carbocycles. The molecule has 0 spiro atoms. The smallest absolute Gasteiger partial charge is 0.255 e. The number of aromatic nitrogens is 4. The third-order valence-electron chi connectivity index (χ3n) is 3.44. The topological polar surface area (TPSA) is 99.7 Å². The highest BCUT2D eigenvalue weighted by atomic mass is 16.1. The molecule has 8 heteroatoms. The van der Waals surface area contributed by atoms with Crippen LogP contribution in [-0.2, 0) is 0 Å².